The largest absolute Gasteiger partial charge is 0.469 e. The van der Waals surface area contributed by atoms with Crippen LogP contribution < -0.4 is 5.32 Å². The Morgan fingerprint density at radius 2 is 1.84 bits per heavy atom. The highest BCUT2D eigenvalue weighted by atomic mass is 19.1. The summed E-state index contributed by atoms with van der Waals surface area (Å²) in [4.78, 5) is 27.6. The van der Waals surface area contributed by atoms with E-state index in [1.807, 2.05) is 42.2 Å². The molecule has 1 aliphatic carbocycles. The van der Waals surface area contributed by atoms with Crippen molar-refractivity contribution in [3.8, 4) is 0 Å². The Labute approximate surface area is 188 Å². The molecule has 168 valence electrons. The SMILES string of the molecule is COC(=O)C[C@H](N[C@H]1C2=C(CCCC2)C(=O)N1[C@H](C)c1ccccc1)c1cccc(F)c1. The third-order valence-corrected chi connectivity index (χ3v) is 6.52. The van der Waals surface area contributed by atoms with Crippen molar-refractivity contribution in [3.63, 3.8) is 0 Å². The Morgan fingerprint density at radius 3 is 2.56 bits per heavy atom. The van der Waals surface area contributed by atoms with E-state index in [9.17, 15) is 14.0 Å². The van der Waals surface area contributed by atoms with Crippen molar-refractivity contribution in [3.05, 3.63) is 82.7 Å². The van der Waals surface area contributed by atoms with Crippen LogP contribution >= 0.6 is 0 Å². The van der Waals surface area contributed by atoms with Crippen LogP contribution in [0.15, 0.2) is 65.7 Å². The van der Waals surface area contributed by atoms with E-state index in [-0.39, 0.29) is 30.4 Å². The van der Waals surface area contributed by atoms with Crippen LogP contribution in [0.5, 0.6) is 0 Å². The molecule has 32 heavy (non-hydrogen) atoms. The van der Waals surface area contributed by atoms with Crippen LogP contribution in [0, 0.1) is 5.82 Å². The lowest BCUT2D eigenvalue weighted by atomic mass is 9.92. The fourth-order valence-corrected chi connectivity index (χ4v) is 4.83. The molecule has 1 heterocycles. The third-order valence-electron chi connectivity index (χ3n) is 6.52. The smallest absolute Gasteiger partial charge is 0.307 e. The maximum absolute atomic E-state index is 14.0. The molecule has 6 heteroatoms. The predicted octanol–water partition coefficient (Wildman–Crippen LogP) is 4.82. The molecule has 1 amide bonds. The minimum Gasteiger partial charge on any atom is -0.469 e. The van der Waals surface area contributed by atoms with Gasteiger partial charge in [0.15, 0.2) is 0 Å². The van der Waals surface area contributed by atoms with E-state index in [0.717, 1.165) is 42.4 Å². The molecule has 4 rings (SSSR count). The third kappa shape index (κ3) is 4.46. The summed E-state index contributed by atoms with van der Waals surface area (Å²) >= 11 is 0. The highest BCUT2D eigenvalue weighted by Gasteiger charge is 2.43. The van der Waals surface area contributed by atoms with E-state index in [1.165, 1.54) is 19.2 Å². The van der Waals surface area contributed by atoms with Crippen molar-refractivity contribution in [2.75, 3.05) is 7.11 Å². The maximum Gasteiger partial charge on any atom is 0.307 e. The first-order chi connectivity index (χ1) is 15.5. The van der Waals surface area contributed by atoms with Gasteiger partial charge in [-0.3, -0.25) is 14.9 Å². The lowest BCUT2D eigenvalue weighted by Crippen LogP contribution is -2.48. The van der Waals surface area contributed by atoms with Gasteiger partial charge >= 0.3 is 5.97 Å². The molecule has 1 aliphatic heterocycles. The molecule has 0 unspecified atom stereocenters. The highest BCUT2D eigenvalue weighted by Crippen LogP contribution is 2.40. The zero-order valence-corrected chi connectivity index (χ0v) is 18.5. The van der Waals surface area contributed by atoms with Crippen LogP contribution in [0.3, 0.4) is 0 Å². The fraction of sp³-hybridized carbons (Fsp3) is 0.385. The zero-order valence-electron chi connectivity index (χ0n) is 18.5. The Morgan fingerprint density at radius 1 is 1.12 bits per heavy atom. The summed E-state index contributed by atoms with van der Waals surface area (Å²) < 4.78 is 18.9. The van der Waals surface area contributed by atoms with E-state index >= 15 is 0 Å². The lowest BCUT2D eigenvalue weighted by Gasteiger charge is -2.36. The van der Waals surface area contributed by atoms with Gasteiger partial charge in [0.2, 0.25) is 0 Å². The van der Waals surface area contributed by atoms with Crippen molar-refractivity contribution in [2.24, 2.45) is 0 Å². The number of nitrogens with zero attached hydrogens (tertiary/aromatic N) is 1. The summed E-state index contributed by atoms with van der Waals surface area (Å²) in [5.74, 6) is -0.713. The monoisotopic (exact) mass is 436 g/mol. The molecule has 0 spiro atoms. The number of rotatable bonds is 7. The van der Waals surface area contributed by atoms with Crippen LogP contribution in [0.25, 0.3) is 0 Å². The zero-order chi connectivity index (χ0) is 22.7. The summed E-state index contributed by atoms with van der Waals surface area (Å²) in [5, 5.41) is 3.53. The second-order valence-electron chi connectivity index (χ2n) is 8.47. The number of methoxy groups -OCH3 is 1. The van der Waals surface area contributed by atoms with Gasteiger partial charge in [-0.15, -0.1) is 0 Å². The summed E-state index contributed by atoms with van der Waals surface area (Å²) in [6.07, 6.45) is 3.32. The Balaban J connectivity index is 1.71. The minimum absolute atomic E-state index is 0.0425. The number of esters is 1. The second kappa shape index (κ2) is 9.65. The summed E-state index contributed by atoms with van der Waals surface area (Å²) in [6, 6.07) is 15.5. The van der Waals surface area contributed by atoms with E-state index in [2.05, 4.69) is 5.32 Å². The van der Waals surface area contributed by atoms with Gasteiger partial charge in [-0.1, -0.05) is 42.5 Å². The number of hydrogen-bond acceptors (Lipinski definition) is 4. The summed E-state index contributed by atoms with van der Waals surface area (Å²) in [7, 11) is 1.34. The molecule has 2 aliphatic rings. The minimum atomic E-state index is -0.491. The molecule has 2 aromatic carbocycles. The number of amides is 1. The Hall–Kier alpha value is -2.99. The van der Waals surface area contributed by atoms with Crippen molar-refractivity contribution in [1.82, 2.24) is 10.2 Å². The van der Waals surface area contributed by atoms with Gasteiger partial charge in [0.05, 0.1) is 19.6 Å². The lowest BCUT2D eigenvalue weighted by molar-refractivity contribution is -0.141. The summed E-state index contributed by atoms with van der Waals surface area (Å²) in [5.41, 5.74) is 3.67. The molecule has 0 saturated heterocycles. The second-order valence-corrected chi connectivity index (χ2v) is 8.47. The molecule has 3 atom stereocenters. The molecule has 0 saturated carbocycles. The molecule has 5 nitrogen and oxygen atoms in total. The number of halogens is 1. The first kappa shape index (κ1) is 22.2. The summed E-state index contributed by atoms with van der Waals surface area (Å²) in [6.45, 7) is 2.03. The topological polar surface area (TPSA) is 58.6 Å². The first-order valence-corrected chi connectivity index (χ1v) is 11.2. The normalized spacial score (nSPS) is 20.2. The molecule has 2 aromatic rings. The maximum atomic E-state index is 14.0. The van der Waals surface area contributed by atoms with Gasteiger partial charge in [-0.2, -0.15) is 0 Å². The molecule has 0 bridgehead atoms. The molecule has 0 radical (unpaired) electrons. The van der Waals surface area contributed by atoms with Gasteiger partial charge in [0, 0.05) is 11.6 Å². The number of carbonyl (C=O) groups is 2. The average molecular weight is 437 g/mol. The molecular weight excluding hydrogens is 407 g/mol. The van der Waals surface area contributed by atoms with Crippen LogP contribution in [-0.2, 0) is 14.3 Å². The quantitative estimate of drug-likeness (QED) is 0.633. The highest BCUT2D eigenvalue weighted by molar-refractivity contribution is 5.98. The predicted molar refractivity (Wildman–Crippen MR) is 120 cm³/mol. The van der Waals surface area contributed by atoms with E-state index in [0.29, 0.717) is 5.56 Å². The number of nitrogens with one attached hydrogen (secondary N) is 1. The average Bonchev–Trinajstić information content (AvgIpc) is 3.10. The van der Waals surface area contributed by atoms with Gasteiger partial charge in [-0.25, -0.2) is 4.39 Å². The standard InChI is InChI=1S/C26H29FN2O3/c1-17(18-9-4-3-5-10-18)29-25(21-13-6-7-14-22(21)26(29)31)28-23(16-24(30)32-2)19-11-8-12-20(27)15-19/h3-5,8-12,15,17,23,25,28H,6-7,13-14,16H2,1-2H3/t17-,23+,25-/m1/s1. The van der Waals surface area contributed by atoms with Crippen molar-refractivity contribution in [2.45, 2.75) is 57.3 Å². The number of ether oxygens (including phenoxy) is 1. The number of benzene rings is 2. The first-order valence-electron chi connectivity index (χ1n) is 11.2. The molecule has 0 aromatic heterocycles. The van der Waals surface area contributed by atoms with Gasteiger partial charge < -0.3 is 9.64 Å². The van der Waals surface area contributed by atoms with Crippen molar-refractivity contribution in [1.29, 1.82) is 0 Å². The van der Waals surface area contributed by atoms with Gasteiger partial charge in [0.1, 0.15) is 12.0 Å². The Bertz CT molecular complexity index is 1020. The van der Waals surface area contributed by atoms with Crippen LogP contribution in [0.2, 0.25) is 0 Å². The number of hydrogen-bond donors (Lipinski definition) is 1. The van der Waals surface area contributed by atoms with Gasteiger partial charge in [0.25, 0.3) is 5.91 Å². The van der Waals surface area contributed by atoms with Crippen molar-refractivity contribution >= 4 is 11.9 Å². The van der Waals surface area contributed by atoms with E-state index < -0.39 is 12.0 Å². The van der Waals surface area contributed by atoms with Crippen molar-refractivity contribution < 1.29 is 18.7 Å². The Kier molecular flexibility index (Phi) is 6.70. The van der Waals surface area contributed by atoms with Crippen LogP contribution in [-0.4, -0.2) is 30.1 Å². The van der Waals surface area contributed by atoms with E-state index in [1.54, 1.807) is 12.1 Å². The number of carbonyl (C=O) groups excluding carboxylic acids is 2. The van der Waals surface area contributed by atoms with Gasteiger partial charge in [-0.05, 0) is 61.4 Å². The molecule has 0 fully saturated rings. The van der Waals surface area contributed by atoms with Crippen LogP contribution in [0.4, 0.5) is 4.39 Å². The molecular formula is C26H29FN2O3. The molecule has 1 N–H and O–H groups in total. The van der Waals surface area contributed by atoms with E-state index in [4.69, 9.17) is 4.74 Å². The fourth-order valence-electron chi connectivity index (χ4n) is 4.83. The van der Waals surface area contributed by atoms with Crippen LogP contribution in [0.1, 0.15) is 62.2 Å².